The van der Waals surface area contributed by atoms with Gasteiger partial charge in [0.1, 0.15) is 5.82 Å². The van der Waals surface area contributed by atoms with Crippen LogP contribution in [0, 0.1) is 0 Å². The molecule has 0 saturated carbocycles. The predicted octanol–water partition coefficient (Wildman–Crippen LogP) is 3.03. The molecule has 0 radical (unpaired) electrons. The van der Waals surface area contributed by atoms with Gasteiger partial charge < -0.3 is 5.73 Å². The maximum Gasteiger partial charge on any atom is 0.138 e. The molecule has 18 heavy (non-hydrogen) atoms. The number of nitrogens with two attached hydrogens (primary N) is 1. The van der Waals surface area contributed by atoms with E-state index in [1.54, 1.807) is 18.0 Å². The molecule has 94 valence electrons. The normalized spacial score (nSPS) is 10.6. The first-order chi connectivity index (χ1) is 8.79. The van der Waals surface area contributed by atoms with Crippen LogP contribution in [0.25, 0.3) is 0 Å². The first kappa shape index (κ1) is 13.5. The molecule has 2 rings (SSSR count). The third kappa shape index (κ3) is 3.80. The first-order valence-corrected chi connectivity index (χ1v) is 7.45. The van der Waals surface area contributed by atoms with Gasteiger partial charge in [-0.2, -0.15) is 0 Å². The highest BCUT2D eigenvalue weighted by molar-refractivity contribution is 9.10. The Balaban J connectivity index is 2.02. The van der Waals surface area contributed by atoms with Crippen LogP contribution >= 0.6 is 27.7 Å². The molecule has 0 atom stereocenters. The summed E-state index contributed by atoms with van der Waals surface area (Å²) in [5.41, 5.74) is 6.53. The summed E-state index contributed by atoms with van der Waals surface area (Å²) in [4.78, 5) is 9.96. The Labute approximate surface area is 119 Å². The van der Waals surface area contributed by atoms with E-state index in [0.29, 0.717) is 6.54 Å². The molecule has 1 aromatic carbocycles. The molecule has 0 saturated heterocycles. The number of thioether (sulfide) groups is 1. The van der Waals surface area contributed by atoms with Crippen LogP contribution in [-0.4, -0.2) is 16.5 Å². The standard InChI is InChI=1S/C13H14BrN3S/c14-11-3-1-2-4-12(11)18-9-13-16-8-6-10(17-13)5-7-15/h1-4,6,8H,5,7,9,15H2. The summed E-state index contributed by atoms with van der Waals surface area (Å²) < 4.78 is 1.10. The molecule has 0 unspecified atom stereocenters. The average molecular weight is 324 g/mol. The fourth-order valence-corrected chi connectivity index (χ4v) is 2.93. The first-order valence-electron chi connectivity index (χ1n) is 5.68. The number of rotatable bonds is 5. The Hall–Kier alpha value is -0.910. The van der Waals surface area contributed by atoms with Gasteiger partial charge in [0.05, 0.1) is 5.75 Å². The molecule has 2 aromatic rings. The minimum Gasteiger partial charge on any atom is -0.330 e. The van der Waals surface area contributed by atoms with Crippen molar-refractivity contribution in [2.45, 2.75) is 17.1 Å². The van der Waals surface area contributed by atoms with E-state index in [0.717, 1.165) is 28.2 Å². The van der Waals surface area contributed by atoms with E-state index in [1.165, 1.54) is 4.90 Å². The van der Waals surface area contributed by atoms with Crippen molar-refractivity contribution in [3.8, 4) is 0 Å². The van der Waals surface area contributed by atoms with Gasteiger partial charge in [0, 0.05) is 27.7 Å². The van der Waals surface area contributed by atoms with E-state index in [1.807, 2.05) is 24.3 Å². The van der Waals surface area contributed by atoms with Crippen LogP contribution in [-0.2, 0) is 12.2 Å². The highest BCUT2D eigenvalue weighted by Gasteiger charge is 2.03. The van der Waals surface area contributed by atoms with Crippen molar-refractivity contribution in [3.05, 3.63) is 52.5 Å². The summed E-state index contributed by atoms with van der Waals surface area (Å²) in [5, 5.41) is 0. The largest absolute Gasteiger partial charge is 0.330 e. The smallest absolute Gasteiger partial charge is 0.138 e. The Morgan fingerprint density at radius 1 is 1.22 bits per heavy atom. The summed E-state index contributed by atoms with van der Waals surface area (Å²) in [6.45, 7) is 0.619. The van der Waals surface area contributed by atoms with Crippen molar-refractivity contribution in [2.75, 3.05) is 6.54 Å². The predicted molar refractivity (Wildman–Crippen MR) is 78.5 cm³/mol. The molecule has 0 aliphatic rings. The van der Waals surface area contributed by atoms with Gasteiger partial charge in [-0.05, 0) is 40.7 Å². The maximum absolute atomic E-state index is 5.52. The molecule has 5 heteroatoms. The van der Waals surface area contributed by atoms with E-state index in [9.17, 15) is 0 Å². The molecule has 1 aromatic heterocycles. The van der Waals surface area contributed by atoms with Crippen molar-refractivity contribution < 1.29 is 0 Å². The van der Waals surface area contributed by atoms with Crippen LogP contribution in [0.2, 0.25) is 0 Å². The van der Waals surface area contributed by atoms with Crippen molar-refractivity contribution in [2.24, 2.45) is 5.73 Å². The van der Waals surface area contributed by atoms with Gasteiger partial charge in [0.25, 0.3) is 0 Å². The van der Waals surface area contributed by atoms with Gasteiger partial charge in [-0.25, -0.2) is 9.97 Å². The number of nitrogens with zero attached hydrogens (tertiary/aromatic N) is 2. The number of hydrogen-bond acceptors (Lipinski definition) is 4. The zero-order valence-electron chi connectivity index (χ0n) is 9.84. The van der Waals surface area contributed by atoms with Gasteiger partial charge in [0.2, 0.25) is 0 Å². The molecule has 3 nitrogen and oxygen atoms in total. The minimum absolute atomic E-state index is 0.619. The third-order valence-electron chi connectivity index (χ3n) is 2.36. The molecule has 1 heterocycles. The Bertz CT molecular complexity index is 519. The van der Waals surface area contributed by atoms with Crippen LogP contribution < -0.4 is 5.73 Å². The summed E-state index contributed by atoms with van der Waals surface area (Å²) >= 11 is 5.25. The molecule has 0 spiro atoms. The molecular formula is C13H14BrN3S. The Morgan fingerprint density at radius 2 is 2.06 bits per heavy atom. The number of halogens is 1. The number of hydrogen-bond donors (Lipinski definition) is 1. The van der Waals surface area contributed by atoms with Crippen LogP contribution in [0.3, 0.4) is 0 Å². The van der Waals surface area contributed by atoms with Gasteiger partial charge in [-0.3, -0.25) is 0 Å². The monoisotopic (exact) mass is 323 g/mol. The SMILES string of the molecule is NCCc1ccnc(CSc2ccccc2Br)n1. The lowest BCUT2D eigenvalue weighted by molar-refractivity contribution is 0.883. The van der Waals surface area contributed by atoms with Crippen LogP contribution in [0.15, 0.2) is 45.9 Å². The molecule has 0 aliphatic heterocycles. The van der Waals surface area contributed by atoms with Crippen LogP contribution in [0.4, 0.5) is 0 Å². The zero-order chi connectivity index (χ0) is 12.8. The Morgan fingerprint density at radius 3 is 2.83 bits per heavy atom. The van der Waals surface area contributed by atoms with Gasteiger partial charge >= 0.3 is 0 Å². The average Bonchev–Trinajstić information content (AvgIpc) is 2.39. The van der Waals surface area contributed by atoms with E-state index < -0.39 is 0 Å². The number of benzene rings is 1. The van der Waals surface area contributed by atoms with Crippen molar-refractivity contribution in [1.29, 1.82) is 0 Å². The van der Waals surface area contributed by atoms with Crippen LogP contribution in [0.5, 0.6) is 0 Å². The summed E-state index contributed by atoms with van der Waals surface area (Å²) in [6.07, 6.45) is 2.60. The zero-order valence-corrected chi connectivity index (χ0v) is 12.2. The van der Waals surface area contributed by atoms with Gasteiger partial charge in [-0.1, -0.05) is 12.1 Å². The fourth-order valence-electron chi connectivity index (χ4n) is 1.50. The van der Waals surface area contributed by atoms with E-state index >= 15 is 0 Å². The highest BCUT2D eigenvalue weighted by Crippen LogP contribution is 2.28. The maximum atomic E-state index is 5.52. The Kier molecular flexibility index (Phi) is 5.16. The van der Waals surface area contributed by atoms with E-state index in [4.69, 9.17) is 5.73 Å². The number of aromatic nitrogens is 2. The lowest BCUT2D eigenvalue weighted by atomic mass is 10.3. The molecular weight excluding hydrogens is 310 g/mol. The minimum atomic E-state index is 0.619. The topological polar surface area (TPSA) is 51.8 Å². The second-order valence-corrected chi connectivity index (χ2v) is 5.59. The van der Waals surface area contributed by atoms with Crippen molar-refractivity contribution in [1.82, 2.24) is 9.97 Å². The second kappa shape index (κ2) is 6.87. The quantitative estimate of drug-likeness (QED) is 0.859. The molecule has 0 bridgehead atoms. The molecule has 0 amide bonds. The van der Waals surface area contributed by atoms with Crippen molar-refractivity contribution in [3.63, 3.8) is 0 Å². The van der Waals surface area contributed by atoms with E-state index in [-0.39, 0.29) is 0 Å². The summed E-state index contributed by atoms with van der Waals surface area (Å²) in [6, 6.07) is 10.1. The summed E-state index contributed by atoms with van der Waals surface area (Å²) in [7, 11) is 0. The molecule has 0 aliphatic carbocycles. The fraction of sp³-hybridized carbons (Fsp3) is 0.231. The van der Waals surface area contributed by atoms with E-state index in [2.05, 4.69) is 32.0 Å². The molecule has 0 fully saturated rings. The van der Waals surface area contributed by atoms with Crippen molar-refractivity contribution >= 4 is 27.7 Å². The second-order valence-electron chi connectivity index (χ2n) is 3.72. The third-order valence-corrected chi connectivity index (χ3v) is 4.38. The van der Waals surface area contributed by atoms with Crippen LogP contribution in [0.1, 0.15) is 11.5 Å². The lowest BCUT2D eigenvalue weighted by Crippen LogP contribution is -2.06. The molecule has 2 N–H and O–H groups in total. The van der Waals surface area contributed by atoms with Gasteiger partial charge in [0.15, 0.2) is 0 Å². The lowest BCUT2D eigenvalue weighted by Gasteiger charge is -2.04. The van der Waals surface area contributed by atoms with Gasteiger partial charge in [-0.15, -0.1) is 11.8 Å². The highest BCUT2D eigenvalue weighted by atomic mass is 79.9. The summed E-state index contributed by atoms with van der Waals surface area (Å²) in [5.74, 6) is 1.61.